The van der Waals surface area contributed by atoms with E-state index in [0.717, 1.165) is 10.0 Å². The summed E-state index contributed by atoms with van der Waals surface area (Å²) in [6, 6.07) is 5.33. The van der Waals surface area contributed by atoms with Crippen LogP contribution in [-0.4, -0.2) is 25.0 Å². The van der Waals surface area contributed by atoms with Crippen molar-refractivity contribution >= 4 is 33.3 Å². The van der Waals surface area contributed by atoms with Gasteiger partial charge in [0.05, 0.1) is 19.1 Å². The minimum Gasteiger partial charge on any atom is -0.379 e. The molecule has 1 aliphatic rings. The van der Waals surface area contributed by atoms with Crippen molar-refractivity contribution in [3.05, 3.63) is 33.3 Å². The van der Waals surface area contributed by atoms with Crippen molar-refractivity contribution in [2.45, 2.75) is 12.5 Å². The van der Waals surface area contributed by atoms with Crippen LogP contribution in [0.25, 0.3) is 0 Å². The van der Waals surface area contributed by atoms with E-state index in [0.29, 0.717) is 24.7 Å². The maximum atomic E-state index is 12.0. The van der Waals surface area contributed by atoms with Crippen LogP contribution in [0.15, 0.2) is 22.7 Å². The summed E-state index contributed by atoms with van der Waals surface area (Å²) >= 11 is 9.40. The molecule has 2 rings (SSSR count). The summed E-state index contributed by atoms with van der Waals surface area (Å²) < 4.78 is 6.09. The second-order valence-corrected chi connectivity index (χ2v) is 5.51. The quantitative estimate of drug-likeness (QED) is 0.929. The topological polar surface area (TPSA) is 52.3 Å². The van der Waals surface area contributed by atoms with Gasteiger partial charge in [0.1, 0.15) is 5.78 Å². The second-order valence-electron chi connectivity index (χ2n) is 4.19. The molecule has 0 radical (unpaired) electrons. The largest absolute Gasteiger partial charge is 0.379 e. The zero-order chi connectivity index (χ0) is 12.4. The Morgan fingerprint density at radius 3 is 2.88 bits per heavy atom. The fraction of sp³-hybridized carbons (Fsp3) is 0.417. The van der Waals surface area contributed by atoms with Gasteiger partial charge < -0.3 is 10.5 Å². The molecule has 1 aromatic carbocycles. The minimum atomic E-state index is -0.199. The van der Waals surface area contributed by atoms with Gasteiger partial charge in [-0.3, -0.25) is 4.79 Å². The molecule has 1 saturated heterocycles. The Kier molecular flexibility index (Phi) is 4.20. The van der Waals surface area contributed by atoms with Crippen molar-refractivity contribution in [3.63, 3.8) is 0 Å². The van der Waals surface area contributed by atoms with Gasteiger partial charge in [-0.15, -0.1) is 0 Å². The fourth-order valence-electron chi connectivity index (χ4n) is 1.89. The molecule has 1 heterocycles. The number of benzene rings is 1. The molecule has 3 nitrogen and oxygen atoms in total. The van der Waals surface area contributed by atoms with E-state index in [1.807, 2.05) is 12.1 Å². The van der Waals surface area contributed by atoms with E-state index in [4.69, 9.17) is 22.1 Å². The van der Waals surface area contributed by atoms with Gasteiger partial charge in [0.15, 0.2) is 0 Å². The Bertz CT molecular complexity index is 439. The van der Waals surface area contributed by atoms with Gasteiger partial charge in [-0.05, 0) is 17.7 Å². The van der Waals surface area contributed by atoms with Gasteiger partial charge >= 0.3 is 0 Å². The number of hydrogen-bond donors (Lipinski definition) is 1. The van der Waals surface area contributed by atoms with Crippen molar-refractivity contribution in [1.82, 2.24) is 0 Å². The number of carbonyl (C=O) groups is 1. The Morgan fingerprint density at radius 1 is 1.53 bits per heavy atom. The number of nitrogens with two attached hydrogens (primary N) is 1. The SMILES string of the molecule is NC1COCC1C(=O)Cc1ccc(Br)cc1Cl. The number of Topliss-reactive ketones (excluding diaryl/α,β-unsaturated/α-hetero) is 1. The van der Waals surface area contributed by atoms with Crippen LogP contribution in [0.1, 0.15) is 5.56 Å². The van der Waals surface area contributed by atoms with E-state index in [9.17, 15) is 4.79 Å². The molecule has 1 aliphatic heterocycles. The monoisotopic (exact) mass is 317 g/mol. The standard InChI is InChI=1S/C12H13BrClNO2/c13-8-2-1-7(10(14)4-8)3-12(16)9-5-17-6-11(9)15/h1-2,4,9,11H,3,5-6,15H2. The third kappa shape index (κ3) is 3.07. The zero-order valence-electron chi connectivity index (χ0n) is 9.16. The lowest BCUT2D eigenvalue weighted by molar-refractivity contribution is -0.122. The predicted molar refractivity (Wildman–Crippen MR) is 70.1 cm³/mol. The van der Waals surface area contributed by atoms with Crippen LogP contribution in [-0.2, 0) is 16.0 Å². The molecular formula is C12H13BrClNO2. The molecule has 2 N–H and O–H groups in total. The van der Waals surface area contributed by atoms with Crippen LogP contribution in [0.3, 0.4) is 0 Å². The number of carbonyl (C=O) groups excluding carboxylic acids is 1. The summed E-state index contributed by atoms with van der Waals surface area (Å²) in [5.41, 5.74) is 6.64. The molecule has 2 unspecified atom stereocenters. The van der Waals surface area contributed by atoms with E-state index in [1.54, 1.807) is 6.07 Å². The maximum Gasteiger partial charge on any atom is 0.144 e. The molecule has 1 aromatic rings. The van der Waals surface area contributed by atoms with Gasteiger partial charge in [0, 0.05) is 22.0 Å². The fourth-order valence-corrected chi connectivity index (χ4v) is 2.63. The summed E-state index contributed by atoms with van der Waals surface area (Å²) in [5, 5.41) is 0.597. The molecule has 0 amide bonds. The van der Waals surface area contributed by atoms with Crippen molar-refractivity contribution in [2.24, 2.45) is 11.7 Å². The number of halogens is 2. The van der Waals surface area contributed by atoms with Gasteiger partial charge in [0.2, 0.25) is 0 Å². The maximum absolute atomic E-state index is 12.0. The normalized spacial score (nSPS) is 23.9. The van der Waals surface area contributed by atoms with Gasteiger partial charge in [-0.25, -0.2) is 0 Å². The number of hydrogen-bond acceptors (Lipinski definition) is 3. The first-order valence-electron chi connectivity index (χ1n) is 5.38. The van der Waals surface area contributed by atoms with Gasteiger partial charge in [0.25, 0.3) is 0 Å². The first kappa shape index (κ1) is 13.0. The van der Waals surface area contributed by atoms with Crippen LogP contribution in [0.5, 0.6) is 0 Å². The average Bonchev–Trinajstić information content (AvgIpc) is 2.68. The van der Waals surface area contributed by atoms with Crippen LogP contribution >= 0.6 is 27.5 Å². The Labute approximate surface area is 113 Å². The highest BCUT2D eigenvalue weighted by Gasteiger charge is 2.31. The molecule has 0 aliphatic carbocycles. The molecule has 92 valence electrons. The molecule has 0 saturated carbocycles. The van der Waals surface area contributed by atoms with E-state index in [1.165, 1.54) is 0 Å². The first-order valence-corrected chi connectivity index (χ1v) is 6.55. The molecule has 5 heteroatoms. The van der Waals surface area contributed by atoms with E-state index in [-0.39, 0.29) is 17.7 Å². The summed E-state index contributed by atoms with van der Waals surface area (Å²) in [4.78, 5) is 12.0. The lowest BCUT2D eigenvalue weighted by Gasteiger charge is -2.12. The average molecular weight is 319 g/mol. The van der Waals surface area contributed by atoms with Crippen LogP contribution < -0.4 is 5.73 Å². The summed E-state index contributed by atoms with van der Waals surface area (Å²) in [6.45, 7) is 0.888. The molecule has 0 spiro atoms. The van der Waals surface area contributed by atoms with Crippen LogP contribution in [0.2, 0.25) is 5.02 Å². The smallest absolute Gasteiger partial charge is 0.144 e. The third-order valence-corrected chi connectivity index (χ3v) is 3.76. The van der Waals surface area contributed by atoms with Crippen molar-refractivity contribution < 1.29 is 9.53 Å². The second kappa shape index (κ2) is 5.48. The lowest BCUT2D eigenvalue weighted by Crippen LogP contribution is -2.34. The Morgan fingerprint density at radius 2 is 2.29 bits per heavy atom. The number of ether oxygens (including phenoxy) is 1. The zero-order valence-corrected chi connectivity index (χ0v) is 11.5. The summed E-state index contributed by atoms with van der Waals surface area (Å²) in [6.07, 6.45) is 0.313. The van der Waals surface area contributed by atoms with E-state index < -0.39 is 0 Å². The summed E-state index contributed by atoms with van der Waals surface area (Å²) in [7, 11) is 0. The number of rotatable bonds is 3. The molecule has 1 fully saturated rings. The molecule has 0 aromatic heterocycles. The minimum absolute atomic E-state index is 0.0965. The molecule has 2 atom stereocenters. The highest BCUT2D eigenvalue weighted by atomic mass is 79.9. The molecule has 0 bridgehead atoms. The summed E-state index contributed by atoms with van der Waals surface area (Å²) in [5.74, 6) is -0.103. The molecular weight excluding hydrogens is 305 g/mol. The predicted octanol–water partition coefficient (Wildman–Crippen LogP) is 2.19. The van der Waals surface area contributed by atoms with Crippen molar-refractivity contribution in [3.8, 4) is 0 Å². The van der Waals surface area contributed by atoms with Gasteiger partial charge in [-0.2, -0.15) is 0 Å². The van der Waals surface area contributed by atoms with Crippen LogP contribution in [0, 0.1) is 5.92 Å². The van der Waals surface area contributed by atoms with Crippen molar-refractivity contribution in [2.75, 3.05) is 13.2 Å². The van der Waals surface area contributed by atoms with Gasteiger partial charge in [-0.1, -0.05) is 33.6 Å². The van der Waals surface area contributed by atoms with Crippen LogP contribution in [0.4, 0.5) is 0 Å². The highest BCUT2D eigenvalue weighted by molar-refractivity contribution is 9.10. The Balaban J connectivity index is 2.07. The van der Waals surface area contributed by atoms with E-state index >= 15 is 0 Å². The highest BCUT2D eigenvalue weighted by Crippen LogP contribution is 2.23. The number of ketones is 1. The first-order chi connectivity index (χ1) is 8.08. The molecule has 17 heavy (non-hydrogen) atoms. The third-order valence-electron chi connectivity index (χ3n) is 2.92. The van der Waals surface area contributed by atoms with Crippen molar-refractivity contribution in [1.29, 1.82) is 0 Å². The lowest BCUT2D eigenvalue weighted by atomic mass is 9.94. The Hall–Kier alpha value is -0.420. The van der Waals surface area contributed by atoms with E-state index in [2.05, 4.69) is 15.9 Å².